The third-order valence-electron chi connectivity index (χ3n) is 8.86. The van der Waals surface area contributed by atoms with Crippen LogP contribution in [0.3, 0.4) is 0 Å². The van der Waals surface area contributed by atoms with Crippen molar-refractivity contribution in [2.75, 3.05) is 5.75 Å². The molecule has 0 aromatic rings. The normalized spacial score (nSPS) is 14.2. The molecule has 6 nitrogen and oxygen atoms in total. The second-order valence-corrected chi connectivity index (χ2v) is 15.4. The number of unbranched alkanes of at least 4 members (excludes halogenated alkanes) is 14. The highest BCUT2D eigenvalue weighted by Gasteiger charge is 2.26. The summed E-state index contributed by atoms with van der Waals surface area (Å²) in [4.78, 5) is 12.5. The van der Waals surface area contributed by atoms with E-state index < -0.39 is 28.0 Å². The molecule has 0 spiro atoms. The van der Waals surface area contributed by atoms with Gasteiger partial charge in [-0.3, -0.25) is 9.35 Å². The van der Waals surface area contributed by atoms with Crippen LogP contribution in [0.1, 0.15) is 174 Å². The van der Waals surface area contributed by atoms with Crippen molar-refractivity contribution in [2.24, 2.45) is 0 Å². The molecule has 0 aromatic carbocycles. The van der Waals surface area contributed by atoms with E-state index in [9.17, 15) is 22.9 Å². The maximum absolute atomic E-state index is 12.5. The van der Waals surface area contributed by atoms with E-state index in [4.69, 9.17) is 0 Å². The highest BCUT2D eigenvalue weighted by atomic mass is 32.2. The van der Waals surface area contributed by atoms with Crippen molar-refractivity contribution >= 4 is 16.0 Å². The molecule has 7 heteroatoms. The molecule has 2 atom stereocenters. The summed E-state index contributed by atoms with van der Waals surface area (Å²) in [5.74, 6) is -0.983. The van der Waals surface area contributed by atoms with Crippen molar-refractivity contribution in [3.05, 3.63) is 85.1 Å². The predicted octanol–water partition coefficient (Wildman–Crippen LogP) is 12.4. The third kappa shape index (κ3) is 38.7. The Bertz CT molecular complexity index is 1130. The van der Waals surface area contributed by atoms with Crippen LogP contribution in [0.25, 0.3) is 0 Å². The lowest BCUT2D eigenvalue weighted by atomic mass is 10.0. The molecule has 0 radical (unpaired) electrons. The largest absolute Gasteiger partial charge is 0.391 e. The van der Waals surface area contributed by atoms with Crippen LogP contribution in [-0.2, 0) is 14.9 Å². The van der Waals surface area contributed by atoms with Crippen molar-refractivity contribution < 1.29 is 22.9 Å². The minimum atomic E-state index is -4.33. The lowest BCUT2D eigenvalue weighted by Crippen LogP contribution is -2.47. The Balaban J connectivity index is 4.02. The Morgan fingerprint density at radius 1 is 0.538 bits per heavy atom. The molecule has 0 saturated carbocycles. The second kappa shape index (κ2) is 38.3. The lowest BCUT2D eigenvalue weighted by molar-refractivity contribution is -0.122. The van der Waals surface area contributed by atoms with E-state index in [0.29, 0.717) is 12.8 Å². The van der Waals surface area contributed by atoms with Crippen molar-refractivity contribution in [1.29, 1.82) is 0 Å². The van der Waals surface area contributed by atoms with Gasteiger partial charge in [-0.05, 0) is 64.2 Å². The number of nitrogens with one attached hydrogen (secondary N) is 1. The number of aliphatic hydroxyl groups is 1. The first-order valence-electron chi connectivity index (χ1n) is 20.8. The molecule has 0 aliphatic rings. The first kappa shape index (κ1) is 49.5. The van der Waals surface area contributed by atoms with Crippen LogP contribution in [-0.4, -0.2) is 41.9 Å². The Morgan fingerprint density at radius 3 is 1.29 bits per heavy atom. The molecule has 0 aliphatic heterocycles. The van der Waals surface area contributed by atoms with E-state index in [1.165, 1.54) is 70.6 Å². The molecule has 0 heterocycles. The first-order valence-corrected chi connectivity index (χ1v) is 22.4. The van der Waals surface area contributed by atoms with E-state index >= 15 is 0 Å². The second-order valence-electron chi connectivity index (χ2n) is 13.9. The van der Waals surface area contributed by atoms with Gasteiger partial charge in [0.2, 0.25) is 5.91 Å². The number of aliphatic hydroxyl groups excluding tert-OH is 1. The number of carbonyl (C=O) groups excluding carboxylic acids is 1. The highest BCUT2D eigenvalue weighted by molar-refractivity contribution is 7.85. The van der Waals surface area contributed by atoms with Gasteiger partial charge in [-0.2, -0.15) is 8.42 Å². The van der Waals surface area contributed by atoms with Crippen molar-refractivity contribution in [1.82, 2.24) is 5.32 Å². The average Bonchev–Trinajstić information content (AvgIpc) is 3.11. The fraction of sp³-hybridized carbons (Fsp3) is 0.667. The fourth-order valence-electron chi connectivity index (χ4n) is 5.80. The number of allylic oxidation sites excluding steroid dienone is 14. The van der Waals surface area contributed by atoms with Gasteiger partial charge in [0.05, 0.1) is 17.9 Å². The van der Waals surface area contributed by atoms with Gasteiger partial charge in [0.15, 0.2) is 0 Å². The van der Waals surface area contributed by atoms with E-state index in [-0.39, 0.29) is 12.3 Å². The minimum absolute atomic E-state index is 0.234. The molecule has 0 aliphatic carbocycles. The molecule has 52 heavy (non-hydrogen) atoms. The van der Waals surface area contributed by atoms with Crippen LogP contribution in [0.15, 0.2) is 85.1 Å². The molecule has 0 fully saturated rings. The smallest absolute Gasteiger partial charge is 0.266 e. The number of hydrogen-bond acceptors (Lipinski definition) is 4. The quantitative estimate of drug-likeness (QED) is 0.0337. The average molecular weight is 744 g/mol. The summed E-state index contributed by atoms with van der Waals surface area (Å²) in [6.45, 7) is 4.40. The fourth-order valence-corrected chi connectivity index (χ4v) is 6.55. The minimum Gasteiger partial charge on any atom is -0.391 e. The molecule has 298 valence electrons. The van der Waals surface area contributed by atoms with E-state index in [0.717, 1.165) is 70.6 Å². The molecular weight excluding hydrogens is 667 g/mol. The molecule has 1 amide bonds. The monoisotopic (exact) mass is 744 g/mol. The zero-order chi connectivity index (χ0) is 38.2. The predicted molar refractivity (Wildman–Crippen MR) is 225 cm³/mol. The Labute approximate surface area is 320 Å². The van der Waals surface area contributed by atoms with Crippen LogP contribution in [0.4, 0.5) is 0 Å². The molecule has 0 bridgehead atoms. The van der Waals surface area contributed by atoms with Gasteiger partial charge in [0.1, 0.15) is 0 Å². The summed E-state index contributed by atoms with van der Waals surface area (Å²) in [6, 6.07) is -1.01. The van der Waals surface area contributed by atoms with Crippen molar-refractivity contribution in [2.45, 2.75) is 187 Å². The summed E-state index contributed by atoms with van der Waals surface area (Å²) < 4.78 is 32.5. The Kier molecular flexibility index (Phi) is 36.4. The molecule has 0 aromatic heterocycles. The number of rotatable bonds is 36. The SMILES string of the molecule is CC/C=C\C/C=C\C/C=C\C/C=C\C/C=C\C/C=C\C/C=C\CCCC(=O)NC(CS(=O)(=O)O)C(O)CCCCCCCCCCCCCCCC. The Hall–Kier alpha value is -2.48. The van der Waals surface area contributed by atoms with E-state index in [1.807, 2.05) is 6.08 Å². The van der Waals surface area contributed by atoms with Crippen LogP contribution < -0.4 is 5.32 Å². The zero-order valence-electron chi connectivity index (χ0n) is 33.1. The lowest BCUT2D eigenvalue weighted by Gasteiger charge is -2.23. The van der Waals surface area contributed by atoms with Crippen LogP contribution >= 0.6 is 0 Å². The third-order valence-corrected chi connectivity index (χ3v) is 9.64. The maximum Gasteiger partial charge on any atom is 0.266 e. The molecule has 0 rings (SSSR count). The van der Waals surface area contributed by atoms with E-state index in [2.05, 4.69) is 98.2 Å². The van der Waals surface area contributed by atoms with Gasteiger partial charge in [0, 0.05) is 6.42 Å². The standard InChI is InChI=1S/C45H77NO5S/c1-3-5-7-9-11-13-15-17-19-20-21-22-23-24-25-26-27-29-31-33-35-37-39-41-45(48)46-43(42-52(49,50)51)44(47)40-38-36-34-32-30-28-18-16-14-12-10-8-6-4-2/h5,7,11,13,17,19,21-22,24-25,27,29,33,35,43-44,47H,3-4,6,8-10,12,14-16,18,20,23,26,28,30-32,34,36-42H2,1-2H3,(H,46,48)(H,49,50,51)/b7-5-,13-11-,19-17-,22-21-,25-24-,29-27-,35-33-. The molecule has 2 unspecified atom stereocenters. The van der Waals surface area contributed by atoms with Crippen molar-refractivity contribution in [3.63, 3.8) is 0 Å². The van der Waals surface area contributed by atoms with Crippen molar-refractivity contribution in [3.8, 4) is 0 Å². The van der Waals surface area contributed by atoms with Crippen LogP contribution in [0.2, 0.25) is 0 Å². The molecule has 0 saturated heterocycles. The van der Waals surface area contributed by atoms with Gasteiger partial charge >= 0.3 is 0 Å². The van der Waals surface area contributed by atoms with E-state index in [1.54, 1.807) is 0 Å². The van der Waals surface area contributed by atoms with Gasteiger partial charge in [-0.25, -0.2) is 0 Å². The van der Waals surface area contributed by atoms with Gasteiger partial charge < -0.3 is 10.4 Å². The van der Waals surface area contributed by atoms with Gasteiger partial charge in [0.25, 0.3) is 10.1 Å². The van der Waals surface area contributed by atoms with Crippen LogP contribution in [0.5, 0.6) is 0 Å². The topological polar surface area (TPSA) is 104 Å². The summed E-state index contributed by atoms with van der Waals surface area (Å²) in [7, 11) is -4.33. The highest BCUT2D eigenvalue weighted by Crippen LogP contribution is 2.15. The molecular formula is C45H77NO5S. The maximum atomic E-state index is 12.5. The number of hydrogen-bond donors (Lipinski definition) is 3. The van der Waals surface area contributed by atoms with Gasteiger partial charge in [-0.1, -0.05) is 189 Å². The summed E-state index contributed by atoms with van der Waals surface area (Å²) in [5, 5.41) is 13.3. The van der Waals surface area contributed by atoms with Crippen LogP contribution in [0, 0.1) is 0 Å². The first-order chi connectivity index (χ1) is 25.3. The number of amides is 1. The van der Waals surface area contributed by atoms with Gasteiger partial charge in [-0.15, -0.1) is 0 Å². The zero-order valence-corrected chi connectivity index (χ0v) is 34.0. The summed E-state index contributed by atoms with van der Waals surface area (Å²) >= 11 is 0. The molecule has 3 N–H and O–H groups in total. The number of carbonyl (C=O) groups is 1. The Morgan fingerprint density at radius 2 is 0.904 bits per heavy atom. The summed E-state index contributed by atoms with van der Waals surface area (Å²) in [5.41, 5.74) is 0. The summed E-state index contributed by atoms with van der Waals surface area (Å²) in [6.07, 6.45) is 55.3.